The molecule has 0 bridgehead atoms. The van der Waals surface area contributed by atoms with Gasteiger partial charge in [0.05, 0.1) is 0 Å². The molecule has 3 nitrogen and oxygen atoms in total. The van der Waals surface area contributed by atoms with Crippen molar-refractivity contribution in [1.29, 1.82) is 0 Å². The molecule has 0 amide bonds. The summed E-state index contributed by atoms with van der Waals surface area (Å²) in [5, 5.41) is 3.44. The molecule has 2 aliphatic rings. The van der Waals surface area contributed by atoms with Crippen LogP contribution in [0.2, 0.25) is 0 Å². The van der Waals surface area contributed by atoms with E-state index in [9.17, 15) is 0 Å². The molecule has 12 heavy (non-hydrogen) atoms. The molecule has 3 N–H and O–H groups in total. The van der Waals surface area contributed by atoms with Crippen molar-refractivity contribution in [1.82, 2.24) is 10.2 Å². The molecule has 2 aliphatic heterocycles. The van der Waals surface area contributed by atoms with Crippen LogP contribution in [0.3, 0.4) is 0 Å². The Morgan fingerprint density at radius 3 is 2.83 bits per heavy atom. The van der Waals surface area contributed by atoms with Crippen LogP contribution in [-0.4, -0.2) is 30.3 Å². The minimum absolute atomic E-state index is 0.158. The summed E-state index contributed by atoms with van der Waals surface area (Å²) in [5.74, 6) is -0.158. The van der Waals surface area contributed by atoms with Gasteiger partial charge in [-0.25, -0.2) is 0 Å². The molecule has 0 aromatic carbocycles. The minimum Gasteiger partial charge on any atom is -0.301 e. The van der Waals surface area contributed by atoms with Gasteiger partial charge in [0.1, 0.15) is 5.79 Å². The molecular weight excluding hydrogens is 150 g/mol. The molecule has 0 aromatic heterocycles. The van der Waals surface area contributed by atoms with Gasteiger partial charge in [0, 0.05) is 13.1 Å². The average molecular weight is 169 g/mol. The number of nitrogens with zero attached hydrogens (tertiary/aromatic N) is 1. The fraction of sp³-hybridized carbons (Fsp3) is 1.00. The van der Waals surface area contributed by atoms with Crippen molar-refractivity contribution in [3.05, 3.63) is 0 Å². The van der Waals surface area contributed by atoms with E-state index in [1.54, 1.807) is 0 Å². The van der Waals surface area contributed by atoms with Crippen molar-refractivity contribution < 1.29 is 0 Å². The summed E-state index contributed by atoms with van der Waals surface area (Å²) in [6.45, 7) is 3.46. The van der Waals surface area contributed by atoms with Gasteiger partial charge in [-0.1, -0.05) is 6.42 Å². The molecular formula is C9H19N3. The summed E-state index contributed by atoms with van der Waals surface area (Å²) in [6, 6.07) is 0. The number of rotatable bonds is 0. The van der Waals surface area contributed by atoms with Gasteiger partial charge in [0.25, 0.3) is 0 Å². The summed E-state index contributed by atoms with van der Waals surface area (Å²) in [4.78, 5) is 2.42. The van der Waals surface area contributed by atoms with Crippen LogP contribution in [0.1, 0.15) is 32.1 Å². The van der Waals surface area contributed by atoms with Crippen LogP contribution in [-0.2, 0) is 0 Å². The van der Waals surface area contributed by atoms with E-state index in [0.29, 0.717) is 0 Å². The van der Waals surface area contributed by atoms with E-state index in [-0.39, 0.29) is 5.79 Å². The second-order valence-electron chi connectivity index (χ2n) is 4.00. The van der Waals surface area contributed by atoms with Gasteiger partial charge in [-0.05, 0) is 32.2 Å². The third-order valence-electron chi connectivity index (χ3n) is 3.09. The summed E-state index contributed by atoms with van der Waals surface area (Å²) in [7, 11) is 0. The molecule has 0 aliphatic carbocycles. The Kier molecular flexibility index (Phi) is 2.35. The summed E-state index contributed by atoms with van der Waals surface area (Å²) >= 11 is 0. The van der Waals surface area contributed by atoms with E-state index in [4.69, 9.17) is 5.73 Å². The van der Waals surface area contributed by atoms with E-state index in [2.05, 4.69) is 10.2 Å². The van der Waals surface area contributed by atoms with Gasteiger partial charge in [-0.2, -0.15) is 0 Å². The van der Waals surface area contributed by atoms with Crippen LogP contribution in [0.15, 0.2) is 0 Å². The second kappa shape index (κ2) is 3.32. The van der Waals surface area contributed by atoms with Crippen molar-refractivity contribution in [2.75, 3.05) is 19.6 Å². The molecule has 0 radical (unpaired) electrons. The maximum absolute atomic E-state index is 6.28. The van der Waals surface area contributed by atoms with Crippen LogP contribution in [0.4, 0.5) is 0 Å². The normalized spacial score (nSPS) is 38.8. The highest BCUT2D eigenvalue weighted by molar-refractivity contribution is 4.87. The van der Waals surface area contributed by atoms with E-state index < -0.39 is 0 Å². The summed E-state index contributed by atoms with van der Waals surface area (Å²) in [6.07, 6.45) is 6.31. The van der Waals surface area contributed by atoms with Crippen LogP contribution in [0.5, 0.6) is 0 Å². The lowest BCUT2D eigenvalue weighted by molar-refractivity contribution is 0.0325. The van der Waals surface area contributed by atoms with E-state index >= 15 is 0 Å². The summed E-state index contributed by atoms with van der Waals surface area (Å²) < 4.78 is 0. The molecule has 2 fully saturated rings. The first-order valence-electron chi connectivity index (χ1n) is 5.10. The van der Waals surface area contributed by atoms with Crippen LogP contribution >= 0.6 is 0 Å². The van der Waals surface area contributed by atoms with Crippen LogP contribution in [0.25, 0.3) is 0 Å². The number of hydrogen-bond acceptors (Lipinski definition) is 3. The Labute approximate surface area is 74.3 Å². The fourth-order valence-electron chi connectivity index (χ4n) is 2.32. The van der Waals surface area contributed by atoms with Gasteiger partial charge in [0.15, 0.2) is 0 Å². The first-order chi connectivity index (χ1) is 5.81. The molecule has 2 rings (SSSR count). The van der Waals surface area contributed by atoms with Gasteiger partial charge in [-0.3, -0.25) is 10.2 Å². The molecule has 1 atom stereocenters. The van der Waals surface area contributed by atoms with Crippen LogP contribution in [0, 0.1) is 0 Å². The SMILES string of the molecule is NC12CCCCCN1CCCN2. The lowest BCUT2D eigenvalue weighted by Crippen LogP contribution is -2.68. The van der Waals surface area contributed by atoms with Gasteiger partial charge in [0.2, 0.25) is 0 Å². The van der Waals surface area contributed by atoms with Crippen molar-refractivity contribution in [2.24, 2.45) is 5.73 Å². The van der Waals surface area contributed by atoms with E-state index in [1.165, 1.54) is 38.8 Å². The number of hydrogen-bond donors (Lipinski definition) is 2. The highest BCUT2D eigenvalue weighted by Crippen LogP contribution is 2.22. The standard InChI is InChI=1S/C9H19N3/c10-9-5-2-1-3-7-12(9)8-4-6-11-9/h11H,1-8,10H2. The molecule has 2 heterocycles. The Morgan fingerprint density at radius 1 is 1.08 bits per heavy atom. The van der Waals surface area contributed by atoms with E-state index in [1.807, 2.05) is 0 Å². The Hall–Kier alpha value is -0.120. The Bertz CT molecular complexity index is 160. The molecule has 0 aromatic rings. The van der Waals surface area contributed by atoms with E-state index in [0.717, 1.165) is 13.0 Å². The Balaban J connectivity index is 2.07. The van der Waals surface area contributed by atoms with Crippen molar-refractivity contribution in [3.63, 3.8) is 0 Å². The zero-order chi connectivity index (χ0) is 8.44. The first kappa shape index (κ1) is 8.48. The molecule has 3 heteroatoms. The average Bonchev–Trinajstić information content (AvgIpc) is 2.25. The highest BCUT2D eigenvalue weighted by Gasteiger charge is 2.34. The third kappa shape index (κ3) is 1.49. The number of nitrogens with two attached hydrogens (primary N) is 1. The predicted octanol–water partition coefficient (Wildman–Crippen LogP) is 0.468. The molecule has 1 unspecified atom stereocenters. The highest BCUT2D eigenvalue weighted by atomic mass is 15.4. The topological polar surface area (TPSA) is 41.3 Å². The maximum atomic E-state index is 6.28. The largest absolute Gasteiger partial charge is 0.301 e. The lowest BCUT2D eigenvalue weighted by atomic mass is 10.1. The quantitative estimate of drug-likeness (QED) is 0.554. The van der Waals surface area contributed by atoms with Crippen molar-refractivity contribution in [2.45, 2.75) is 37.9 Å². The monoisotopic (exact) mass is 169 g/mol. The van der Waals surface area contributed by atoms with Crippen molar-refractivity contribution >= 4 is 0 Å². The minimum atomic E-state index is -0.158. The Morgan fingerprint density at radius 2 is 1.92 bits per heavy atom. The maximum Gasteiger partial charge on any atom is 0.123 e. The zero-order valence-corrected chi connectivity index (χ0v) is 7.68. The number of fused-ring (bicyclic) bond motifs is 1. The smallest absolute Gasteiger partial charge is 0.123 e. The zero-order valence-electron chi connectivity index (χ0n) is 7.68. The molecule has 0 saturated carbocycles. The predicted molar refractivity (Wildman–Crippen MR) is 49.6 cm³/mol. The molecule has 2 saturated heterocycles. The summed E-state index contributed by atoms with van der Waals surface area (Å²) in [5.41, 5.74) is 6.28. The first-order valence-corrected chi connectivity index (χ1v) is 5.10. The molecule has 0 spiro atoms. The van der Waals surface area contributed by atoms with Gasteiger partial charge in [-0.15, -0.1) is 0 Å². The molecule has 70 valence electrons. The number of nitrogens with one attached hydrogen (secondary N) is 1. The lowest BCUT2D eigenvalue weighted by Gasteiger charge is -2.44. The third-order valence-corrected chi connectivity index (χ3v) is 3.09. The van der Waals surface area contributed by atoms with Crippen LogP contribution < -0.4 is 11.1 Å². The second-order valence-corrected chi connectivity index (χ2v) is 4.00. The van der Waals surface area contributed by atoms with Gasteiger partial charge < -0.3 is 5.73 Å². The van der Waals surface area contributed by atoms with Crippen molar-refractivity contribution in [3.8, 4) is 0 Å². The fourth-order valence-corrected chi connectivity index (χ4v) is 2.32. The van der Waals surface area contributed by atoms with Gasteiger partial charge >= 0.3 is 0 Å².